The van der Waals surface area contributed by atoms with Gasteiger partial charge in [-0.05, 0) is 47.8 Å². The van der Waals surface area contributed by atoms with Gasteiger partial charge < -0.3 is 0 Å². The Morgan fingerprint density at radius 1 is 1.29 bits per heavy atom. The van der Waals surface area contributed by atoms with E-state index >= 15 is 0 Å². The standard InChI is InChI=1S/C14H20/c1-10-6-5-7-13-11(2)14(3,4)9-8-12(10)13/h5-7,11H,8-9H2,1-4H3. The van der Waals surface area contributed by atoms with Crippen molar-refractivity contribution in [2.75, 3.05) is 0 Å². The fourth-order valence-electron chi connectivity index (χ4n) is 2.56. The van der Waals surface area contributed by atoms with Crippen LogP contribution >= 0.6 is 0 Å². The summed E-state index contributed by atoms with van der Waals surface area (Å²) in [6, 6.07) is 6.75. The van der Waals surface area contributed by atoms with Gasteiger partial charge >= 0.3 is 0 Å². The number of fused-ring (bicyclic) bond motifs is 1. The van der Waals surface area contributed by atoms with E-state index in [1.54, 1.807) is 11.1 Å². The molecule has 0 fully saturated rings. The molecule has 0 nitrogen and oxygen atoms in total. The third kappa shape index (κ3) is 1.37. The predicted molar refractivity (Wildman–Crippen MR) is 61.7 cm³/mol. The molecule has 76 valence electrons. The number of benzene rings is 1. The molecule has 0 aromatic heterocycles. The molecular weight excluding hydrogens is 168 g/mol. The minimum Gasteiger partial charge on any atom is -0.0617 e. The van der Waals surface area contributed by atoms with Crippen LogP contribution in [0, 0.1) is 12.3 Å². The van der Waals surface area contributed by atoms with E-state index in [2.05, 4.69) is 45.9 Å². The molecule has 0 saturated heterocycles. The number of aryl methyl sites for hydroxylation is 1. The lowest BCUT2D eigenvalue weighted by atomic mass is 9.66. The van der Waals surface area contributed by atoms with Crippen LogP contribution < -0.4 is 0 Å². The van der Waals surface area contributed by atoms with Crippen LogP contribution in [0.1, 0.15) is 49.8 Å². The summed E-state index contributed by atoms with van der Waals surface area (Å²) in [5.41, 5.74) is 5.14. The SMILES string of the molecule is Cc1cccc2c1CCC(C)(C)C2C. The molecule has 0 radical (unpaired) electrons. The molecule has 0 amide bonds. The molecule has 0 spiro atoms. The zero-order chi connectivity index (χ0) is 10.3. The molecule has 2 rings (SSSR count). The van der Waals surface area contributed by atoms with E-state index in [1.165, 1.54) is 18.4 Å². The van der Waals surface area contributed by atoms with Gasteiger partial charge in [-0.3, -0.25) is 0 Å². The Balaban J connectivity index is 2.51. The molecule has 0 heteroatoms. The Kier molecular flexibility index (Phi) is 2.17. The van der Waals surface area contributed by atoms with Crippen LogP contribution in [-0.4, -0.2) is 0 Å². The highest BCUT2D eigenvalue weighted by Crippen LogP contribution is 2.45. The molecule has 1 unspecified atom stereocenters. The Morgan fingerprint density at radius 3 is 2.71 bits per heavy atom. The minimum atomic E-state index is 0.473. The van der Waals surface area contributed by atoms with Gasteiger partial charge in [0.15, 0.2) is 0 Å². The first-order valence-corrected chi connectivity index (χ1v) is 5.61. The van der Waals surface area contributed by atoms with Crippen molar-refractivity contribution in [2.45, 2.75) is 46.5 Å². The summed E-state index contributed by atoms with van der Waals surface area (Å²) in [5.74, 6) is 0.700. The fraction of sp³-hybridized carbons (Fsp3) is 0.571. The topological polar surface area (TPSA) is 0 Å². The summed E-state index contributed by atoms with van der Waals surface area (Å²) in [6.07, 6.45) is 2.59. The molecule has 0 N–H and O–H groups in total. The van der Waals surface area contributed by atoms with E-state index in [1.807, 2.05) is 0 Å². The summed E-state index contributed by atoms with van der Waals surface area (Å²) < 4.78 is 0. The molecular formula is C14H20. The van der Waals surface area contributed by atoms with Gasteiger partial charge in [0.05, 0.1) is 0 Å². The number of rotatable bonds is 0. The third-order valence-electron chi connectivity index (χ3n) is 4.10. The maximum absolute atomic E-state index is 2.39. The van der Waals surface area contributed by atoms with E-state index in [0.29, 0.717) is 11.3 Å². The summed E-state index contributed by atoms with van der Waals surface area (Å²) in [6.45, 7) is 9.40. The van der Waals surface area contributed by atoms with Gasteiger partial charge in [-0.15, -0.1) is 0 Å². The van der Waals surface area contributed by atoms with E-state index in [-0.39, 0.29) is 0 Å². The molecule has 0 saturated carbocycles. The quantitative estimate of drug-likeness (QED) is 0.575. The van der Waals surface area contributed by atoms with Crippen molar-refractivity contribution < 1.29 is 0 Å². The van der Waals surface area contributed by atoms with Crippen LogP contribution in [-0.2, 0) is 6.42 Å². The highest BCUT2D eigenvalue weighted by Gasteiger charge is 2.32. The zero-order valence-corrected chi connectivity index (χ0v) is 9.72. The van der Waals surface area contributed by atoms with Crippen molar-refractivity contribution >= 4 is 0 Å². The number of hydrogen-bond acceptors (Lipinski definition) is 0. The maximum Gasteiger partial charge on any atom is -0.0136 e. The van der Waals surface area contributed by atoms with Gasteiger partial charge in [-0.2, -0.15) is 0 Å². The van der Waals surface area contributed by atoms with Gasteiger partial charge in [-0.25, -0.2) is 0 Å². The van der Waals surface area contributed by atoms with Gasteiger partial charge in [0.1, 0.15) is 0 Å². The van der Waals surface area contributed by atoms with Crippen LogP contribution in [0.3, 0.4) is 0 Å². The first kappa shape index (κ1) is 9.76. The molecule has 1 aromatic rings. The van der Waals surface area contributed by atoms with Crippen molar-refractivity contribution in [1.82, 2.24) is 0 Å². The van der Waals surface area contributed by atoms with Crippen LogP contribution in [0.4, 0.5) is 0 Å². The molecule has 1 aliphatic carbocycles. The van der Waals surface area contributed by atoms with Crippen molar-refractivity contribution in [3.05, 3.63) is 34.9 Å². The molecule has 1 aromatic carbocycles. The van der Waals surface area contributed by atoms with E-state index < -0.39 is 0 Å². The van der Waals surface area contributed by atoms with Gasteiger partial charge in [-0.1, -0.05) is 39.0 Å². The third-order valence-corrected chi connectivity index (χ3v) is 4.10. The molecule has 0 aliphatic heterocycles. The van der Waals surface area contributed by atoms with Gasteiger partial charge in [0.2, 0.25) is 0 Å². The Bertz CT molecular complexity index is 347. The summed E-state index contributed by atoms with van der Waals surface area (Å²) in [5, 5.41) is 0. The van der Waals surface area contributed by atoms with Gasteiger partial charge in [0, 0.05) is 0 Å². The van der Waals surface area contributed by atoms with Crippen molar-refractivity contribution in [2.24, 2.45) is 5.41 Å². The largest absolute Gasteiger partial charge is 0.0617 e. The lowest BCUT2D eigenvalue weighted by Gasteiger charge is -2.38. The van der Waals surface area contributed by atoms with Crippen LogP contribution in [0.15, 0.2) is 18.2 Å². The smallest absolute Gasteiger partial charge is 0.0136 e. The fourth-order valence-corrected chi connectivity index (χ4v) is 2.56. The van der Waals surface area contributed by atoms with Crippen molar-refractivity contribution in [3.63, 3.8) is 0 Å². The van der Waals surface area contributed by atoms with Crippen LogP contribution in [0.5, 0.6) is 0 Å². The summed E-state index contributed by atoms with van der Waals surface area (Å²) >= 11 is 0. The normalized spacial score (nSPS) is 24.4. The van der Waals surface area contributed by atoms with E-state index in [0.717, 1.165) is 0 Å². The highest BCUT2D eigenvalue weighted by molar-refractivity contribution is 5.39. The highest BCUT2D eigenvalue weighted by atomic mass is 14.4. The summed E-state index contributed by atoms with van der Waals surface area (Å²) in [7, 11) is 0. The molecule has 1 atom stereocenters. The predicted octanol–water partition coefficient (Wildman–Crippen LogP) is 4.07. The monoisotopic (exact) mass is 188 g/mol. The second-order valence-corrected chi connectivity index (χ2v) is 5.35. The van der Waals surface area contributed by atoms with E-state index in [9.17, 15) is 0 Å². The average Bonchev–Trinajstić information content (AvgIpc) is 2.13. The Morgan fingerprint density at radius 2 is 2.00 bits per heavy atom. The molecule has 0 heterocycles. The summed E-state index contributed by atoms with van der Waals surface area (Å²) in [4.78, 5) is 0. The van der Waals surface area contributed by atoms with Crippen LogP contribution in [0.2, 0.25) is 0 Å². The van der Waals surface area contributed by atoms with Gasteiger partial charge in [0.25, 0.3) is 0 Å². The maximum atomic E-state index is 2.39. The van der Waals surface area contributed by atoms with Crippen molar-refractivity contribution in [1.29, 1.82) is 0 Å². The van der Waals surface area contributed by atoms with Crippen LogP contribution in [0.25, 0.3) is 0 Å². The Labute approximate surface area is 87.3 Å². The van der Waals surface area contributed by atoms with Crippen molar-refractivity contribution in [3.8, 4) is 0 Å². The zero-order valence-electron chi connectivity index (χ0n) is 9.72. The molecule has 1 aliphatic rings. The molecule has 0 bridgehead atoms. The lowest BCUT2D eigenvalue weighted by Crippen LogP contribution is -2.26. The number of hydrogen-bond donors (Lipinski definition) is 0. The first-order chi connectivity index (χ1) is 6.52. The minimum absolute atomic E-state index is 0.473. The Hall–Kier alpha value is -0.780. The second-order valence-electron chi connectivity index (χ2n) is 5.35. The second kappa shape index (κ2) is 3.12. The lowest BCUT2D eigenvalue weighted by molar-refractivity contribution is 0.258. The van der Waals surface area contributed by atoms with E-state index in [4.69, 9.17) is 0 Å². The first-order valence-electron chi connectivity index (χ1n) is 5.61. The average molecular weight is 188 g/mol. The molecule has 14 heavy (non-hydrogen) atoms.